The van der Waals surface area contributed by atoms with E-state index in [0.717, 1.165) is 44.1 Å². The predicted molar refractivity (Wildman–Crippen MR) is 109 cm³/mol. The fourth-order valence-electron chi connectivity index (χ4n) is 5.71. The third-order valence-electron chi connectivity index (χ3n) is 7.28. The number of amides is 2. The average molecular weight is 432 g/mol. The summed E-state index contributed by atoms with van der Waals surface area (Å²) in [6.07, 6.45) is 5.07. The van der Waals surface area contributed by atoms with Crippen LogP contribution in [0.15, 0.2) is 18.2 Å². The van der Waals surface area contributed by atoms with Crippen molar-refractivity contribution < 1.29 is 28.2 Å². The fourth-order valence-corrected chi connectivity index (χ4v) is 5.71. The van der Waals surface area contributed by atoms with E-state index in [0.29, 0.717) is 19.8 Å². The van der Waals surface area contributed by atoms with Crippen LogP contribution in [-0.2, 0) is 19.1 Å². The zero-order valence-corrected chi connectivity index (χ0v) is 17.6. The molecule has 2 amide bonds. The Labute approximate surface area is 181 Å². The molecular weight excluding hydrogens is 403 g/mol. The lowest BCUT2D eigenvalue weighted by molar-refractivity contribution is -0.156. The number of fused-ring (bicyclic) bond motifs is 5. The number of para-hydroxylation sites is 1. The highest BCUT2D eigenvalue weighted by Gasteiger charge is 2.49. The summed E-state index contributed by atoms with van der Waals surface area (Å²) in [5.41, 5.74) is 0.175. The topological polar surface area (TPSA) is 77.1 Å². The molecule has 2 atom stereocenters. The molecule has 0 unspecified atom stereocenters. The maximum atomic E-state index is 14.7. The van der Waals surface area contributed by atoms with Gasteiger partial charge in [-0.3, -0.25) is 9.59 Å². The highest BCUT2D eigenvalue weighted by Crippen LogP contribution is 2.40. The van der Waals surface area contributed by atoms with Crippen LogP contribution in [0.5, 0.6) is 5.75 Å². The first-order valence-corrected chi connectivity index (χ1v) is 11.3. The van der Waals surface area contributed by atoms with Crippen LogP contribution in [0, 0.1) is 5.82 Å². The van der Waals surface area contributed by atoms with E-state index < -0.39 is 11.4 Å². The summed E-state index contributed by atoms with van der Waals surface area (Å²) in [4.78, 5) is 27.1. The SMILES string of the molecule is O=C1COC[C@@]2(CCCN3C(=O)COc4c(F)cccc4C4CCC(CC4)OC[C@H]32)N1. The number of rotatable bonds is 0. The molecule has 4 aliphatic heterocycles. The molecule has 1 aromatic carbocycles. The predicted octanol–water partition coefficient (Wildman–Crippen LogP) is 2.14. The molecule has 7 nitrogen and oxygen atoms in total. The van der Waals surface area contributed by atoms with Crippen molar-refractivity contribution in [2.45, 2.75) is 62.1 Å². The lowest BCUT2D eigenvalue weighted by atomic mass is 9.80. The number of halogens is 1. The van der Waals surface area contributed by atoms with Crippen molar-refractivity contribution in [1.82, 2.24) is 10.2 Å². The summed E-state index contributed by atoms with van der Waals surface area (Å²) in [5, 5.41) is 3.10. The van der Waals surface area contributed by atoms with Gasteiger partial charge >= 0.3 is 0 Å². The van der Waals surface area contributed by atoms with Crippen LogP contribution < -0.4 is 10.1 Å². The average Bonchev–Trinajstić information content (AvgIpc) is 2.78. The van der Waals surface area contributed by atoms with Gasteiger partial charge in [-0.15, -0.1) is 0 Å². The number of morpholine rings is 1. The molecule has 168 valence electrons. The van der Waals surface area contributed by atoms with E-state index in [1.54, 1.807) is 11.0 Å². The van der Waals surface area contributed by atoms with Crippen molar-refractivity contribution in [2.75, 3.05) is 33.0 Å². The van der Waals surface area contributed by atoms with Gasteiger partial charge in [-0.25, -0.2) is 4.39 Å². The Kier molecular flexibility index (Phi) is 5.60. The van der Waals surface area contributed by atoms with Gasteiger partial charge in [0.2, 0.25) is 5.91 Å². The zero-order valence-electron chi connectivity index (χ0n) is 17.6. The molecule has 2 bridgehead atoms. The lowest BCUT2D eigenvalue weighted by Gasteiger charge is -2.51. The zero-order chi connectivity index (χ0) is 21.4. The molecule has 1 aliphatic carbocycles. The monoisotopic (exact) mass is 432 g/mol. The summed E-state index contributed by atoms with van der Waals surface area (Å²) in [7, 11) is 0. The summed E-state index contributed by atoms with van der Waals surface area (Å²) in [5.74, 6) is -0.443. The summed E-state index contributed by atoms with van der Waals surface area (Å²) >= 11 is 0. The minimum Gasteiger partial charge on any atom is -0.480 e. The van der Waals surface area contributed by atoms with E-state index >= 15 is 0 Å². The van der Waals surface area contributed by atoms with E-state index in [1.165, 1.54) is 6.07 Å². The molecule has 6 rings (SSSR count). The van der Waals surface area contributed by atoms with Gasteiger partial charge in [0.25, 0.3) is 5.91 Å². The maximum absolute atomic E-state index is 14.7. The molecule has 4 heterocycles. The molecule has 31 heavy (non-hydrogen) atoms. The van der Waals surface area contributed by atoms with Crippen LogP contribution in [0.4, 0.5) is 4.39 Å². The molecule has 2 saturated heterocycles. The van der Waals surface area contributed by atoms with Gasteiger partial charge in [0.05, 0.1) is 30.9 Å². The number of ether oxygens (including phenoxy) is 3. The second-order valence-electron chi connectivity index (χ2n) is 9.16. The standard InChI is InChI=1S/C23H29FN2O5/c24-18-4-1-3-17-15-5-7-16(8-6-15)30-11-19-23(14-29-12-20(27)25-23)9-2-10-26(19)21(28)13-31-22(17)18/h1,3-4,15-16,19H,2,5-14H2,(H,25,27)/t15?,16?,19-,23+/m0/s1. The van der Waals surface area contributed by atoms with Crippen molar-refractivity contribution in [2.24, 2.45) is 0 Å². The number of carbonyl (C=O) groups excluding carboxylic acids is 2. The van der Waals surface area contributed by atoms with E-state index in [2.05, 4.69) is 5.32 Å². The van der Waals surface area contributed by atoms with Crippen LogP contribution in [0.2, 0.25) is 0 Å². The number of piperidine rings is 1. The number of nitrogens with one attached hydrogen (secondary N) is 1. The molecule has 8 heteroatoms. The molecular formula is C23H29FN2O5. The van der Waals surface area contributed by atoms with Gasteiger partial charge in [-0.1, -0.05) is 12.1 Å². The molecule has 1 spiro atoms. The van der Waals surface area contributed by atoms with Crippen molar-refractivity contribution in [1.29, 1.82) is 0 Å². The van der Waals surface area contributed by atoms with E-state index in [4.69, 9.17) is 14.2 Å². The maximum Gasteiger partial charge on any atom is 0.260 e. The molecule has 5 aliphatic rings. The Morgan fingerprint density at radius 2 is 1.97 bits per heavy atom. The Hall–Kier alpha value is -2.19. The molecule has 3 fully saturated rings. The van der Waals surface area contributed by atoms with Gasteiger partial charge in [-0.2, -0.15) is 0 Å². The highest BCUT2D eigenvalue weighted by atomic mass is 19.1. The minimum atomic E-state index is -0.663. The first-order chi connectivity index (χ1) is 15.1. The van der Waals surface area contributed by atoms with Gasteiger partial charge < -0.3 is 24.4 Å². The van der Waals surface area contributed by atoms with E-state index in [1.807, 2.05) is 6.07 Å². The number of hydrogen-bond acceptors (Lipinski definition) is 5. The summed E-state index contributed by atoms with van der Waals surface area (Å²) < 4.78 is 32.4. The van der Waals surface area contributed by atoms with Crippen molar-refractivity contribution >= 4 is 11.8 Å². The third-order valence-corrected chi connectivity index (χ3v) is 7.28. The second kappa shape index (κ2) is 8.39. The van der Waals surface area contributed by atoms with Gasteiger partial charge in [-0.05, 0) is 50.5 Å². The second-order valence-corrected chi connectivity index (χ2v) is 9.16. The fraction of sp³-hybridized carbons (Fsp3) is 0.652. The van der Waals surface area contributed by atoms with Gasteiger partial charge in [0.15, 0.2) is 18.2 Å². The van der Waals surface area contributed by atoms with Crippen molar-refractivity contribution in [3.63, 3.8) is 0 Å². The van der Waals surface area contributed by atoms with Crippen LogP contribution in [0.3, 0.4) is 0 Å². The van der Waals surface area contributed by atoms with E-state index in [9.17, 15) is 14.0 Å². The largest absolute Gasteiger partial charge is 0.480 e. The summed E-state index contributed by atoms with van der Waals surface area (Å²) in [6, 6.07) is 4.64. The van der Waals surface area contributed by atoms with Gasteiger partial charge in [0, 0.05) is 12.1 Å². The number of hydrogen-bond donors (Lipinski definition) is 1. The number of nitrogens with zero attached hydrogens (tertiary/aromatic N) is 1. The van der Waals surface area contributed by atoms with E-state index in [-0.39, 0.29) is 48.8 Å². The highest BCUT2D eigenvalue weighted by molar-refractivity contribution is 5.81. The summed E-state index contributed by atoms with van der Waals surface area (Å²) in [6.45, 7) is 1.02. The smallest absolute Gasteiger partial charge is 0.260 e. The number of benzene rings is 1. The first-order valence-electron chi connectivity index (χ1n) is 11.3. The Morgan fingerprint density at radius 1 is 1.13 bits per heavy atom. The van der Waals surface area contributed by atoms with Crippen LogP contribution in [0.25, 0.3) is 0 Å². The van der Waals surface area contributed by atoms with Gasteiger partial charge in [0.1, 0.15) is 6.61 Å². The Balaban J connectivity index is 1.48. The normalized spacial score (nSPS) is 34.0. The molecule has 0 aromatic heterocycles. The Bertz CT molecular complexity index is 852. The Morgan fingerprint density at radius 3 is 2.77 bits per heavy atom. The lowest BCUT2D eigenvalue weighted by Crippen LogP contribution is -2.72. The third kappa shape index (κ3) is 3.91. The molecule has 0 radical (unpaired) electrons. The van der Waals surface area contributed by atoms with Crippen molar-refractivity contribution in [3.05, 3.63) is 29.6 Å². The van der Waals surface area contributed by atoms with Crippen LogP contribution in [-0.4, -0.2) is 67.4 Å². The molecule has 1 N–H and O–H groups in total. The quantitative estimate of drug-likeness (QED) is 0.680. The van der Waals surface area contributed by atoms with Crippen molar-refractivity contribution in [3.8, 4) is 5.75 Å². The van der Waals surface area contributed by atoms with Crippen LogP contribution >= 0.6 is 0 Å². The minimum absolute atomic E-state index is 0.0342. The molecule has 1 aromatic rings. The first kappa shape index (κ1) is 20.7. The van der Waals surface area contributed by atoms with Crippen LogP contribution in [0.1, 0.15) is 50.0 Å². The number of carbonyl (C=O) groups is 2. The molecule has 1 saturated carbocycles.